The summed E-state index contributed by atoms with van der Waals surface area (Å²) in [5.41, 5.74) is 1.00. The zero-order valence-corrected chi connectivity index (χ0v) is 24.6. The summed E-state index contributed by atoms with van der Waals surface area (Å²) in [6, 6.07) is 0.103. The van der Waals surface area contributed by atoms with Gasteiger partial charge in [-0.25, -0.2) is 0 Å². The standard InChI is InChI=1S/C18H36.C13H21NO.C2H6/c1-3-5-7-9-11-13-15-17-18-16-14-12-10-8-6-4-2;1-4-5-6-7-8-9-10-13(12(2)3)14-11-15;1-2/h13,15H,3-12,14,16-18H2,1-2H3;4,7-8,11,13H,1-2,5-6,9-10H2,3H3,(H,14,15);1-2H3/b15-13-;8-7-;. The lowest BCUT2D eigenvalue weighted by Gasteiger charge is -2.14. The number of unbranched alkanes of at least 4 members (excludes halogenated alkanes) is 13. The van der Waals surface area contributed by atoms with Crippen molar-refractivity contribution in [1.82, 2.24) is 5.32 Å². The second kappa shape index (κ2) is 37.0. The first-order valence-electron chi connectivity index (χ1n) is 14.9. The van der Waals surface area contributed by atoms with E-state index in [1.165, 1.54) is 89.9 Å². The highest BCUT2D eigenvalue weighted by Crippen LogP contribution is 2.10. The Morgan fingerprint density at radius 2 is 1.11 bits per heavy atom. The van der Waals surface area contributed by atoms with Crippen LogP contribution >= 0.6 is 0 Å². The minimum absolute atomic E-state index is 0.103. The monoisotopic (exact) mass is 489 g/mol. The maximum Gasteiger partial charge on any atom is 0.207 e. The number of amides is 1. The fraction of sp³-hybridized carbons (Fsp3) is 0.727. The van der Waals surface area contributed by atoms with Gasteiger partial charge in [0.15, 0.2) is 0 Å². The lowest BCUT2D eigenvalue weighted by Crippen LogP contribution is -2.28. The van der Waals surface area contributed by atoms with Gasteiger partial charge in [0.2, 0.25) is 6.41 Å². The van der Waals surface area contributed by atoms with Gasteiger partial charge in [0.05, 0.1) is 0 Å². The summed E-state index contributed by atoms with van der Waals surface area (Å²) in [5.74, 6) is 0. The van der Waals surface area contributed by atoms with Gasteiger partial charge < -0.3 is 5.32 Å². The average molecular weight is 490 g/mol. The number of hydrogen-bond donors (Lipinski definition) is 1. The minimum Gasteiger partial charge on any atom is -0.352 e. The lowest BCUT2D eigenvalue weighted by molar-refractivity contribution is -0.110. The highest BCUT2D eigenvalue weighted by atomic mass is 16.1. The van der Waals surface area contributed by atoms with E-state index in [0.29, 0.717) is 0 Å². The van der Waals surface area contributed by atoms with Crippen molar-refractivity contribution in [1.29, 1.82) is 0 Å². The van der Waals surface area contributed by atoms with Crippen LogP contribution < -0.4 is 5.32 Å². The minimum atomic E-state index is 0.103. The summed E-state index contributed by atoms with van der Waals surface area (Å²) in [4.78, 5) is 10.3. The van der Waals surface area contributed by atoms with Gasteiger partial charge in [-0.3, -0.25) is 4.79 Å². The molecule has 0 aliphatic heterocycles. The maximum absolute atomic E-state index is 10.3. The molecule has 0 rings (SSSR count). The molecule has 0 heterocycles. The molecule has 0 aromatic heterocycles. The van der Waals surface area contributed by atoms with Gasteiger partial charge in [-0.15, -0.1) is 6.58 Å². The molecule has 0 bridgehead atoms. The van der Waals surface area contributed by atoms with E-state index in [1.807, 2.05) is 26.8 Å². The van der Waals surface area contributed by atoms with Crippen molar-refractivity contribution in [3.8, 4) is 0 Å². The quantitative estimate of drug-likeness (QED) is 0.0862. The number of hydrogen-bond acceptors (Lipinski definition) is 1. The van der Waals surface area contributed by atoms with Crippen molar-refractivity contribution in [3.63, 3.8) is 0 Å². The maximum atomic E-state index is 10.3. The average Bonchev–Trinajstić information content (AvgIpc) is 2.87. The summed E-state index contributed by atoms with van der Waals surface area (Å²) in [5, 5.41) is 2.75. The van der Waals surface area contributed by atoms with Gasteiger partial charge in [0, 0.05) is 6.04 Å². The zero-order chi connectivity index (χ0) is 26.8. The van der Waals surface area contributed by atoms with Crippen LogP contribution in [0.2, 0.25) is 0 Å². The van der Waals surface area contributed by atoms with Crippen LogP contribution in [0.4, 0.5) is 0 Å². The smallest absolute Gasteiger partial charge is 0.207 e. The summed E-state index contributed by atoms with van der Waals surface area (Å²) >= 11 is 0. The highest BCUT2D eigenvalue weighted by molar-refractivity contribution is 5.47. The predicted octanol–water partition coefficient (Wildman–Crippen LogP) is 11.0. The molecule has 2 nitrogen and oxygen atoms in total. The number of nitrogens with one attached hydrogen (secondary N) is 1. The molecule has 0 aliphatic carbocycles. The molecule has 1 N–H and O–H groups in total. The van der Waals surface area contributed by atoms with Gasteiger partial charge in [0.25, 0.3) is 0 Å². The topological polar surface area (TPSA) is 29.1 Å². The van der Waals surface area contributed by atoms with Gasteiger partial charge >= 0.3 is 0 Å². The molecule has 35 heavy (non-hydrogen) atoms. The summed E-state index contributed by atoms with van der Waals surface area (Å²) < 4.78 is 0. The normalized spacial score (nSPS) is 11.3. The molecule has 0 aliphatic rings. The Morgan fingerprint density at radius 3 is 1.57 bits per heavy atom. The molecule has 0 fully saturated rings. The molecule has 0 aromatic rings. The Labute approximate surface area is 221 Å². The van der Waals surface area contributed by atoms with Crippen molar-refractivity contribution in [3.05, 3.63) is 49.1 Å². The molecular weight excluding hydrogens is 426 g/mol. The molecular formula is C33H63NO. The van der Waals surface area contributed by atoms with E-state index in [1.54, 1.807) is 0 Å². The van der Waals surface area contributed by atoms with Crippen LogP contribution in [0.3, 0.4) is 0 Å². The largest absolute Gasteiger partial charge is 0.352 e. The Hall–Kier alpha value is -1.57. The van der Waals surface area contributed by atoms with E-state index in [2.05, 4.69) is 56.6 Å². The molecule has 1 amide bonds. The summed E-state index contributed by atoms with van der Waals surface area (Å²) in [7, 11) is 0. The summed E-state index contributed by atoms with van der Waals surface area (Å²) in [6.45, 7) is 18.0. The first kappa shape index (κ1) is 38.0. The van der Waals surface area contributed by atoms with Crippen LogP contribution in [-0.4, -0.2) is 12.5 Å². The van der Waals surface area contributed by atoms with Crippen molar-refractivity contribution in [2.75, 3.05) is 0 Å². The van der Waals surface area contributed by atoms with Crippen LogP contribution in [-0.2, 0) is 4.79 Å². The number of carbonyl (C=O) groups is 1. The Bertz CT molecular complexity index is 477. The Morgan fingerprint density at radius 1 is 0.686 bits per heavy atom. The van der Waals surface area contributed by atoms with Gasteiger partial charge in [-0.2, -0.15) is 0 Å². The molecule has 1 atom stereocenters. The molecule has 0 radical (unpaired) electrons. The van der Waals surface area contributed by atoms with Crippen molar-refractivity contribution >= 4 is 6.41 Å². The predicted molar refractivity (Wildman–Crippen MR) is 162 cm³/mol. The first-order chi connectivity index (χ1) is 17.1. The zero-order valence-electron chi connectivity index (χ0n) is 24.6. The number of rotatable bonds is 23. The second-order valence-electron chi connectivity index (χ2n) is 9.18. The van der Waals surface area contributed by atoms with Crippen molar-refractivity contribution < 1.29 is 4.79 Å². The molecule has 0 aromatic carbocycles. The molecule has 0 saturated heterocycles. The number of allylic oxidation sites excluding steroid dienone is 5. The van der Waals surface area contributed by atoms with Crippen molar-refractivity contribution in [2.45, 2.75) is 156 Å². The molecule has 2 heteroatoms. The fourth-order valence-electron chi connectivity index (χ4n) is 3.59. The van der Waals surface area contributed by atoms with Gasteiger partial charge in [0.1, 0.15) is 0 Å². The molecule has 1 unspecified atom stereocenters. The van der Waals surface area contributed by atoms with E-state index < -0.39 is 0 Å². The third kappa shape index (κ3) is 37.2. The van der Waals surface area contributed by atoms with E-state index in [9.17, 15) is 4.79 Å². The van der Waals surface area contributed by atoms with E-state index >= 15 is 0 Å². The Kier molecular flexibility index (Phi) is 40.1. The van der Waals surface area contributed by atoms with Gasteiger partial charge in [-0.1, -0.05) is 134 Å². The first-order valence-corrected chi connectivity index (χ1v) is 14.9. The third-order valence-electron chi connectivity index (χ3n) is 5.81. The van der Waals surface area contributed by atoms with Crippen molar-refractivity contribution in [2.24, 2.45) is 0 Å². The van der Waals surface area contributed by atoms with E-state index in [4.69, 9.17) is 0 Å². The highest BCUT2D eigenvalue weighted by Gasteiger charge is 2.05. The van der Waals surface area contributed by atoms with Crippen LogP contribution in [0.5, 0.6) is 0 Å². The van der Waals surface area contributed by atoms with Crippen LogP contribution in [0.1, 0.15) is 150 Å². The van der Waals surface area contributed by atoms with E-state index in [0.717, 1.165) is 37.7 Å². The lowest BCUT2D eigenvalue weighted by atomic mass is 10.1. The molecule has 206 valence electrons. The third-order valence-corrected chi connectivity index (χ3v) is 5.81. The van der Waals surface area contributed by atoms with Crippen LogP contribution in [0.25, 0.3) is 0 Å². The van der Waals surface area contributed by atoms with Crippen LogP contribution in [0, 0.1) is 0 Å². The Balaban J connectivity index is -0.000000554. The second-order valence-corrected chi connectivity index (χ2v) is 9.18. The molecule has 0 saturated carbocycles. The van der Waals surface area contributed by atoms with E-state index in [-0.39, 0.29) is 6.04 Å². The van der Waals surface area contributed by atoms with Crippen LogP contribution in [0.15, 0.2) is 49.1 Å². The molecule has 0 spiro atoms. The SMILES string of the molecule is C=CCC/C=C\CCC(NC=O)C(=C)C.CC.CCCCCC/C=C\CCCCCCCCCC. The summed E-state index contributed by atoms with van der Waals surface area (Å²) in [6.07, 6.45) is 35.3. The van der Waals surface area contributed by atoms with Gasteiger partial charge in [-0.05, 0) is 58.3 Å². The number of carbonyl (C=O) groups excluding carboxylic acids is 1. The fourth-order valence-corrected chi connectivity index (χ4v) is 3.59.